The molecule has 1 aliphatic heterocycles. The second-order valence-corrected chi connectivity index (χ2v) is 10.9. The van der Waals surface area contributed by atoms with E-state index in [0.29, 0.717) is 5.92 Å². The largest absolute Gasteiger partial charge is 0.361 e. The van der Waals surface area contributed by atoms with Crippen LogP contribution in [-0.4, -0.2) is 40.8 Å². The predicted molar refractivity (Wildman–Crippen MR) is 159 cm³/mol. The number of hydrogen-bond acceptors (Lipinski definition) is 3. The smallest absolute Gasteiger partial charge is 0.113 e. The molecule has 0 radical (unpaired) electrons. The van der Waals surface area contributed by atoms with Crippen LogP contribution in [-0.2, 0) is 6.42 Å². The summed E-state index contributed by atoms with van der Waals surface area (Å²) in [5.41, 5.74) is 4.78. The normalized spacial score (nSPS) is 20.6. The Kier molecular flexibility index (Phi) is 11.5. The van der Waals surface area contributed by atoms with Crippen molar-refractivity contribution in [2.24, 2.45) is 5.92 Å². The first-order chi connectivity index (χ1) is 16.7. The molecular formula is C32H48N2S. The molecule has 35 heavy (non-hydrogen) atoms. The van der Waals surface area contributed by atoms with Crippen molar-refractivity contribution in [2.75, 3.05) is 20.6 Å². The van der Waals surface area contributed by atoms with E-state index in [0.717, 1.165) is 41.0 Å². The Bertz CT molecular complexity index is 934. The van der Waals surface area contributed by atoms with E-state index in [1.807, 2.05) is 0 Å². The molecule has 0 aliphatic carbocycles. The Balaban J connectivity index is 2.37. The quantitative estimate of drug-likeness (QED) is 0.164. The van der Waals surface area contributed by atoms with Gasteiger partial charge in [-0.1, -0.05) is 94.0 Å². The minimum Gasteiger partial charge on any atom is -0.361 e. The van der Waals surface area contributed by atoms with Crippen LogP contribution in [0, 0.1) is 5.92 Å². The number of thiocarbonyl (C=S) groups is 1. The van der Waals surface area contributed by atoms with E-state index in [1.165, 1.54) is 43.5 Å². The van der Waals surface area contributed by atoms with Crippen molar-refractivity contribution < 1.29 is 0 Å². The molecule has 1 heterocycles. The van der Waals surface area contributed by atoms with Crippen LogP contribution in [0.3, 0.4) is 0 Å². The van der Waals surface area contributed by atoms with Gasteiger partial charge < -0.3 is 9.80 Å². The average molecular weight is 493 g/mol. The van der Waals surface area contributed by atoms with Crippen LogP contribution in [0.1, 0.15) is 78.7 Å². The molecule has 0 saturated carbocycles. The van der Waals surface area contributed by atoms with Crippen molar-refractivity contribution in [2.45, 2.75) is 85.1 Å². The topological polar surface area (TPSA) is 6.48 Å². The van der Waals surface area contributed by atoms with Crippen molar-refractivity contribution >= 4 is 17.1 Å². The molecule has 1 saturated heterocycles. The lowest BCUT2D eigenvalue weighted by Gasteiger charge is -2.54. The van der Waals surface area contributed by atoms with Crippen molar-refractivity contribution in [1.82, 2.24) is 9.80 Å². The number of aryl methyl sites for hydroxylation is 1. The van der Waals surface area contributed by atoms with E-state index >= 15 is 0 Å². The molecule has 0 bridgehead atoms. The Hall–Kier alpha value is -2.13. The molecule has 1 fully saturated rings. The maximum absolute atomic E-state index is 5.87. The third kappa shape index (κ3) is 7.19. The van der Waals surface area contributed by atoms with Crippen molar-refractivity contribution in [3.8, 4) is 0 Å². The summed E-state index contributed by atoms with van der Waals surface area (Å²) in [6.45, 7) is 16.9. The lowest BCUT2D eigenvalue weighted by atomic mass is 9.74. The average Bonchev–Trinajstić information content (AvgIpc) is 2.84. The molecule has 0 amide bonds. The SMILES string of the molecule is C=C(C(/C=C\CCc1ccccc1)=C/C)/C(C(C)=S)=C1/N(C)CCC(C)(C(CCC)CCC)N1C. The number of benzene rings is 1. The third-order valence-corrected chi connectivity index (χ3v) is 8.03. The fraction of sp³-hybridized carbons (Fsp3) is 0.531. The molecule has 192 valence electrons. The van der Waals surface area contributed by atoms with Gasteiger partial charge >= 0.3 is 0 Å². The van der Waals surface area contributed by atoms with E-state index in [4.69, 9.17) is 12.2 Å². The van der Waals surface area contributed by atoms with Crippen LogP contribution in [0.25, 0.3) is 0 Å². The Morgan fingerprint density at radius 1 is 1.14 bits per heavy atom. The lowest BCUT2D eigenvalue weighted by Crippen LogP contribution is -2.57. The maximum atomic E-state index is 5.87. The molecule has 1 atom stereocenters. The summed E-state index contributed by atoms with van der Waals surface area (Å²) in [6, 6.07) is 10.7. The first-order valence-electron chi connectivity index (χ1n) is 13.5. The zero-order valence-electron chi connectivity index (χ0n) is 23.4. The number of nitrogens with zero attached hydrogens (tertiary/aromatic N) is 2. The van der Waals surface area contributed by atoms with Crippen LogP contribution < -0.4 is 0 Å². The second kappa shape index (κ2) is 13.8. The predicted octanol–water partition coefficient (Wildman–Crippen LogP) is 8.52. The first kappa shape index (κ1) is 29.1. The van der Waals surface area contributed by atoms with Gasteiger partial charge in [0.05, 0.1) is 0 Å². The second-order valence-electron chi connectivity index (χ2n) is 10.3. The van der Waals surface area contributed by atoms with E-state index in [1.54, 1.807) is 0 Å². The van der Waals surface area contributed by atoms with Gasteiger partial charge in [0.25, 0.3) is 0 Å². The minimum absolute atomic E-state index is 0.117. The van der Waals surface area contributed by atoms with Crippen LogP contribution in [0.5, 0.6) is 0 Å². The highest BCUT2D eigenvalue weighted by molar-refractivity contribution is 7.80. The molecule has 1 aliphatic rings. The van der Waals surface area contributed by atoms with Gasteiger partial charge in [-0.2, -0.15) is 0 Å². The summed E-state index contributed by atoms with van der Waals surface area (Å²) in [4.78, 5) is 5.83. The standard InChI is InChI=1S/C32H48N2S/c1-9-17-29(18-10-2)32(6)23-24-33(7)31(34(32)8)30(26(5)35)25(4)28(11-3)22-16-15-21-27-19-13-12-14-20-27/h11-14,16,19-20,22,29H,4,9-10,15,17-18,21,23-24H2,1-3,5-8H3/b22-16-,28-11+,31-30+. The maximum Gasteiger partial charge on any atom is 0.113 e. The van der Waals surface area contributed by atoms with Gasteiger partial charge in [0, 0.05) is 36.6 Å². The molecule has 2 nitrogen and oxygen atoms in total. The van der Waals surface area contributed by atoms with Gasteiger partial charge in [0.15, 0.2) is 0 Å². The van der Waals surface area contributed by atoms with Crippen LogP contribution >= 0.6 is 12.2 Å². The van der Waals surface area contributed by atoms with Gasteiger partial charge in [0.2, 0.25) is 0 Å². The third-order valence-electron chi connectivity index (χ3n) is 7.83. The highest BCUT2D eigenvalue weighted by Crippen LogP contribution is 2.42. The molecule has 1 aromatic carbocycles. The molecule has 3 heteroatoms. The summed E-state index contributed by atoms with van der Waals surface area (Å²) >= 11 is 5.87. The monoisotopic (exact) mass is 492 g/mol. The van der Waals surface area contributed by atoms with Gasteiger partial charge in [0.1, 0.15) is 5.82 Å². The highest BCUT2D eigenvalue weighted by atomic mass is 32.1. The van der Waals surface area contributed by atoms with Crippen molar-refractivity contribution in [1.29, 1.82) is 0 Å². The van der Waals surface area contributed by atoms with E-state index in [2.05, 4.69) is 114 Å². The molecule has 1 aromatic rings. The van der Waals surface area contributed by atoms with E-state index in [-0.39, 0.29) is 5.54 Å². The molecular weight excluding hydrogens is 444 g/mol. The summed E-state index contributed by atoms with van der Waals surface area (Å²) in [7, 11) is 4.48. The Labute approximate surface area is 221 Å². The molecule has 0 N–H and O–H groups in total. The highest BCUT2D eigenvalue weighted by Gasteiger charge is 2.43. The van der Waals surface area contributed by atoms with E-state index < -0.39 is 0 Å². The summed E-state index contributed by atoms with van der Waals surface area (Å²) in [6.07, 6.45) is 14.9. The van der Waals surface area contributed by atoms with Crippen molar-refractivity contribution in [3.63, 3.8) is 0 Å². The van der Waals surface area contributed by atoms with Crippen LogP contribution in [0.15, 0.2) is 77.7 Å². The van der Waals surface area contributed by atoms with Gasteiger partial charge in [-0.3, -0.25) is 0 Å². The molecule has 2 rings (SSSR count). The minimum atomic E-state index is 0.117. The van der Waals surface area contributed by atoms with Gasteiger partial charge in [-0.15, -0.1) is 0 Å². The lowest BCUT2D eigenvalue weighted by molar-refractivity contribution is 0.0145. The fourth-order valence-electron chi connectivity index (χ4n) is 5.59. The van der Waals surface area contributed by atoms with Crippen molar-refractivity contribution in [3.05, 3.63) is 83.2 Å². The fourth-order valence-corrected chi connectivity index (χ4v) is 5.81. The Morgan fingerprint density at radius 3 is 2.31 bits per heavy atom. The number of rotatable bonds is 12. The zero-order chi connectivity index (χ0) is 26.0. The Morgan fingerprint density at radius 2 is 1.77 bits per heavy atom. The molecule has 0 spiro atoms. The van der Waals surface area contributed by atoms with Gasteiger partial charge in [-0.05, 0) is 75.5 Å². The van der Waals surface area contributed by atoms with Crippen LogP contribution in [0.4, 0.5) is 0 Å². The molecule has 1 unspecified atom stereocenters. The summed E-state index contributed by atoms with van der Waals surface area (Å²) < 4.78 is 0. The zero-order valence-corrected chi connectivity index (χ0v) is 24.2. The van der Waals surface area contributed by atoms with Crippen LogP contribution in [0.2, 0.25) is 0 Å². The number of allylic oxidation sites excluding steroid dienone is 6. The summed E-state index contributed by atoms with van der Waals surface area (Å²) in [5, 5.41) is 0. The molecule has 0 aromatic heterocycles. The first-order valence-corrected chi connectivity index (χ1v) is 13.9. The summed E-state index contributed by atoms with van der Waals surface area (Å²) in [5.74, 6) is 1.90. The number of hydrogen-bond donors (Lipinski definition) is 0. The van der Waals surface area contributed by atoms with Gasteiger partial charge in [-0.25, -0.2) is 0 Å². The van der Waals surface area contributed by atoms with E-state index in [9.17, 15) is 0 Å².